The Morgan fingerprint density at radius 3 is 1.73 bits per heavy atom. The summed E-state index contributed by atoms with van der Waals surface area (Å²) >= 11 is 11.9. The number of amidine groups is 2. The third kappa shape index (κ3) is 6.72. The van der Waals surface area contributed by atoms with Crippen molar-refractivity contribution in [2.75, 3.05) is 12.5 Å². The summed E-state index contributed by atoms with van der Waals surface area (Å²) in [4.78, 5) is 10.1. The molecule has 6 N–H and O–H groups in total. The van der Waals surface area contributed by atoms with E-state index >= 15 is 0 Å². The van der Waals surface area contributed by atoms with Crippen molar-refractivity contribution < 1.29 is 16.8 Å². The van der Waals surface area contributed by atoms with Crippen LogP contribution < -0.4 is 11.5 Å². The van der Waals surface area contributed by atoms with Crippen LogP contribution in [0.3, 0.4) is 0 Å². The minimum absolute atomic E-state index is 0.139. The minimum Gasteiger partial charge on any atom is -0.383 e. The Kier molecular flexibility index (Phi) is 10.6. The third-order valence-electron chi connectivity index (χ3n) is 6.93. The first-order valence-electron chi connectivity index (χ1n) is 13.3. The molecule has 0 unspecified atom stereocenters. The van der Waals surface area contributed by atoms with Gasteiger partial charge in [-0.25, -0.2) is 26.8 Å². The van der Waals surface area contributed by atoms with Gasteiger partial charge in [-0.15, -0.1) is 46.2 Å². The highest BCUT2D eigenvalue weighted by molar-refractivity contribution is 9.11. The Morgan fingerprint density at radius 1 is 0.750 bits per heavy atom. The highest BCUT2D eigenvalue weighted by Gasteiger charge is 2.28. The molecule has 2 aromatic carbocycles. The molecule has 0 aliphatic carbocycles. The predicted octanol–water partition coefficient (Wildman–Crippen LogP) is 6.47. The summed E-state index contributed by atoms with van der Waals surface area (Å²) in [7, 11) is -3.82. The van der Waals surface area contributed by atoms with Gasteiger partial charge < -0.3 is 20.6 Å². The van der Waals surface area contributed by atoms with Crippen molar-refractivity contribution in [2.45, 2.75) is 28.0 Å². The molecule has 0 saturated carbocycles. The molecular weight excluding hydrogens is 865 g/mol. The number of nitrogen functional groups attached to an aromatic ring is 2. The monoisotopic (exact) mass is 888 g/mol. The van der Waals surface area contributed by atoms with Crippen LogP contribution in [0, 0.1) is 10.8 Å². The number of nitrogens with one attached hydrogen (secondary N) is 2. The second-order valence-corrected chi connectivity index (χ2v) is 19.8. The lowest BCUT2D eigenvalue weighted by atomic mass is 10.3. The first kappa shape index (κ1) is 36.6. The molecule has 0 aliphatic heterocycles. The molecule has 4 aromatic heterocycles. The number of benzene rings is 2. The smallest absolute Gasteiger partial charge is 0.208 e. The van der Waals surface area contributed by atoms with Crippen molar-refractivity contribution in [3.05, 3.63) is 67.8 Å². The lowest BCUT2D eigenvalue weighted by Crippen LogP contribution is -2.09. The van der Waals surface area contributed by atoms with Crippen molar-refractivity contribution in [1.29, 1.82) is 10.8 Å². The number of aryl methyl sites for hydroxylation is 2. The molecule has 6 aromatic rings. The number of hydrogen-bond donors (Lipinski definition) is 4. The number of aromatic nitrogens is 4. The van der Waals surface area contributed by atoms with Gasteiger partial charge in [0.05, 0.1) is 67.0 Å². The van der Waals surface area contributed by atoms with Gasteiger partial charge in [0.2, 0.25) is 19.7 Å². The number of thioether (sulfide) groups is 2. The fourth-order valence-corrected chi connectivity index (χ4v) is 14.0. The Balaban J connectivity index is 0.000000188. The van der Waals surface area contributed by atoms with Crippen molar-refractivity contribution in [3.63, 3.8) is 0 Å². The lowest BCUT2D eigenvalue weighted by Gasteiger charge is -2.06. The van der Waals surface area contributed by atoms with Gasteiger partial charge in [0.25, 0.3) is 0 Å². The lowest BCUT2D eigenvalue weighted by molar-refractivity contribution is 0.593. The normalized spacial score (nSPS) is 12.0. The molecule has 0 amide bonds. The molecule has 252 valence electrons. The van der Waals surface area contributed by atoms with Gasteiger partial charge in [0.15, 0.2) is 0 Å². The average Bonchev–Trinajstić information content (AvgIpc) is 3.83. The molecule has 6 rings (SSSR count). The number of imidazole rings is 2. The quantitative estimate of drug-likeness (QED) is 0.0745. The zero-order chi connectivity index (χ0) is 35.3. The largest absolute Gasteiger partial charge is 0.383 e. The molecule has 0 bridgehead atoms. The Hall–Kier alpha value is -2.72. The predicted molar refractivity (Wildman–Crippen MR) is 202 cm³/mol. The average molecular weight is 891 g/mol. The van der Waals surface area contributed by atoms with E-state index in [1.54, 1.807) is 54.0 Å². The first-order valence-corrected chi connectivity index (χ1v) is 21.9. The molecule has 20 heteroatoms. The highest BCUT2D eigenvalue weighted by atomic mass is 79.9. The number of fused-ring (bicyclic) bond motifs is 2. The SMILES string of the molecule is CSc1sc(C(=N)N)cc1S(=O)(=O)c1cc(Br)c2c(c1)ncn2C.CSc1sc(C(=N)N)cc1S(=O)(=O)c1cc(Br)c2ncn(C)c2c1. The summed E-state index contributed by atoms with van der Waals surface area (Å²) in [5.74, 6) is -0.280. The maximum Gasteiger partial charge on any atom is 0.208 e. The van der Waals surface area contributed by atoms with Crippen LogP contribution in [-0.4, -0.2) is 60.1 Å². The van der Waals surface area contributed by atoms with E-state index in [0.29, 0.717) is 38.2 Å². The van der Waals surface area contributed by atoms with E-state index in [9.17, 15) is 16.8 Å². The van der Waals surface area contributed by atoms with Gasteiger partial charge in [0.1, 0.15) is 17.2 Å². The van der Waals surface area contributed by atoms with Gasteiger partial charge in [-0.3, -0.25) is 10.8 Å². The van der Waals surface area contributed by atoms with Crippen molar-refractivity contribution in [1.82, 2.24) is 19.1 Å². The molecule has 0 saturated heterocycles. The van der Waals surface area contributed by atoms with Gasteiger partial charge in [0, 0.05) is 23.0 Å². The van der Waals surface area contributed by atoms with Crippen molar-refractivity contribution >= 4 is 131 Å². The van der Waals surface area contributed by atoms with Crippen LogP contribution in [0.1, 0.15) is 9.75 Å². The molecule has 12 nitrogen and oxygen atoms in total. The highest BCUT2D eigenvalue weighted by Crippen LogP contribution is 2.40. The van der Waals surface area contributed by atoms with Crippen molar-refractivity contribution in [2.24, 2.45) is 25.6 Å². The zero-order valence-electron chi connectivity index (χ0n) is 25.4. The zero-order valence-corrected chi connectivity index (χ0v) is 33.5. The summed E-state index contributed by atoms with van der Waals surface area (Å²) < 4.78 is 58.5. The Bertz CT molecular complexity index is 2480. The van der Waals surface area contributed by atoms with Crippen LogP contribution in [0.4, 0.5) is 0 Å². The summed E-state index contributed by atoms with van der Waals surface area (Å²) in [5.41, 5.74) is 13.9. The number of hydrogen-bond acceptors (Lipinski definition) is 12. The summed E-state index contributed by atoms with van der Waals surface area (Å²) in [5, 5.41) is 15.1. The van der Waals surface area contributed by atoms with E-state index in [2.05, 4.69) is 41.8 Å². The van der Waals surface area contributed by atoms with E-state index in [0.717, 1.165) is 11.0 Å². The standard InChI is InChI=1S/2C14H13BrN4O2S3/c1-19-6-18-12-8(15)3-7(4-9(12)19)24(20,21)11-5-10(13(16)17)23-14(11)22-2;1-19-6-18-9-4-7(3-8(15)12(9)19)24(20,21)11-5-10(13(16)17)23-14(11)22-2/h2*3-6H,1-2H3,(H3,16,17). The Labute approximate surface area is 309 Å². The van der Waals surface area contributed by atoms with Gasteiger partial charge >= 0.3 is 0 Å². The molecule has 0 aliphatic rings. The molecule has 0 radical (unpaired) electrons. The maximum atomic E-state index is 13.1. The molecule has 4 heterocycles. The number of nitrogens with zero attached hydrogens (tertiary/aromatic N) is 4. The van der Waals surface area contributed by atoms with Gasteiger partial charge in [-0.05, 0) is 80.8 Å². The molecule has 0 atom stereocenters. The summed E-state index contributed by atoms with van der Waals surface area (Å²) in [6.45, 7) is 0. The summed E-state index contributed by atoms with van der Waals surface area (Å²) in [6, 6.07) is 9.23. The topological polar surface area (TPSA) is 204 Å². The van der Waals surface area contributed by atoms with E-state index in [1.807, 2.05) is 18.7 Å². The fourth-order valence-electron chi connectivity index (χ4n) is 4.58. The van der Waals surface area contributed by atoms with E-state index in [1.165, 1.54) is 58.3 Å². The first-order chi connectivity index (χ1) is 22.5. The van der Waals surface area contributed by atoms with Gasteiger partial charge in [-0.2, -0.15) is 0 Å². The van der Waals surface area contributed by atoms with E-state index in [4.69, 9.17) is 22.3 Å². The van der Waals surface area contributed by atoms with Crippen LogP contribution in [0.2, 0.25) is 0 Å². The van der Waals surface area contributed by atoms with Gasteiger partial charge in [-0.1, -0.05) is 0 Å². The van der Waals surface area contributed by atoms with Crippen LogP contribution >= 0.6 is 78.1 Å². The molecule has 48 heavy (non-hydrogen) atoms. The molecule has 0 fully saturated rings. The number of sulfone groups is 2. The number of nitrogens with two attached hydrogens (primary N) is 2. The molecular formula is C28H26Br2N8O4S6. The van der Waals surface area contributed by atoms with Crippen LogP contribution in [-0.2, 0) is 33.8 Å². The maximum absolute atomic E-state index is 13.1. The van der Waals surface area contributed by atoms with E-state index < -0.39 is 19.7 Å². The second-order valence-electron chi connectivity index (χ2n) is 10.0. The van der Waals surface area contributed by atoms with Crippen molar-refractivity contribution in [3.8, 4) is 0 Å². The second kappa shape index (κ2) is 13.9. The van der Waals surface area contributed by atoms with Crippen LogP contribution in [0.5, 0.6) is 0 Å². The number of rotatable bonds is 8. The number of halogens is 2. The fraction of sp³-hybridized carbons (Fsp3) is 0.143. The van der Waals surface area contributed by atoms with Crippen LogP contribution in [0.15, 0.2) is 86.0 Å². The van der Waals surface area contributed by atoms with Crippen LogP contribution in [0.25, 0.3) is 22.1 Å². The molecule has 0 spiro atoms. The van der Waals surface area contributed by atoms with E-state index in [-0.39, 0.29) is 31.3 Å². The third-order valence-corrected chi connectivity index (χ3v) is 16.8. The summed E-state index contributed by atoms with van der Waals surface area (Å²) in [6.07, 6.45) is 6.87. The minimum atomic E-state index is -3.74. The number of thiophene rings is 2. The Morgan fingerprint density at radius 2 is 1.23 bits per heavy atom.